The van der Waals surface area contributed by atoms with Crippen LogP contribution in [0.5, 0.6) is 0 Å². The Bertz CT molecular complexity index is 1480. The van der Waals surface area contributed by atoms with Crippen LogP contribution in [0.3, 0.4) is 0 Å². The van der Waals surface area contributed by atoms with Gasteiger partial charge in [0.1, 0.15) is 10.6 Å². The average Bonchev–Trinajstić information content (AvgIpc) is 3.37. The summed E-state index contributed by atoms with van der Waals surface area (Å²) in [7, 11) is 0. The maximum Gasteiger partial charge on any atom is 0.333 e. The highest BCUT2D eigenvalue weighted by atomic mass is 35.5. The highest BCUT2D eigenvalue weighted by Crippen LogP contribution is 2.25. The van der Waals surface area contributed by atoms with E-state index in [2.05, 4.69) is 20.1 Å². The Morgan fingerprint density at radius 3 is 2.42 bits per heavy atom. The first-order chi connectivity index (χ1) is 18.0. The van der Waals surface area contributed by atoms with Crippen molar-refractivity contribution >= 4 is 11.6 Å². The van der Waals surface area contributed by atoms with E-state index in [0.717, 1.165) is 5.56 Å². The first kappa shape index (κ1) is 29.1. The third-order valence-corrected chi connectivity index (χ3v) is 6.13. The average molecular weight is 545 g/mol. The van der Waals surface area contributed by atoms with Crippen LogP contribution >= 0.6 is 11.6 Å². The molecule has 11 heteroatoms. The van der Waals surface area contributed by atoms with Gasteiger partial charge in [0, 0.05) is 24.3 Å². The Morgan fingerprint density at radius 2 is 1.79 bits per heavy atom. The zero-order valence-electron chi connectivity index (χ0n) is 22.2. The molecule has 0 unspecified atom stereocenters. The van der Waals surface area contributed by atoms with Crippen molar-refractivity contribution in [3.05, 3.63) is 86.6 Å². The van der Waals surface area contributed by atoms with Crippen LogP contribution in [-0.2, 0) is 18.4 Å². The molecule has 0 aromatic carbocycles. The largest absolute Gasteiger partial charge is 0.382 e. The number of alkyl halides is 2. The van der Waals surface area contributed by atoms with Gasteiger partial charge in [0.05, 0.1) is 23.3 Å². The molecular formula is C27H31ClF2N6O2. The van der Waals surface area contributed by atoms with E-state index >= 15 is 0 Å². The molecule has 0 atom stereocenters. The molecule has 0 saturated heterocycles. The zero-order chi connectivity index (χ0) is 28.2. The minimum atomic E-state index is -2.70. The molecule has 0 aliphatic carbocycles. The number of halogens is 3. The molecule has 0 saturated carbocycles. The molecule has 0 fully saturated rings. The van der Waals surface area contributed by atoms with Gasteiger partial charge in [-0.15, -0.1) is 0 Å². The number of hydrogen-bond donors (Lipinski definition) is 1. The summed E-state index contributed by atoms with van der Waals surface area (Å²) in [5, 5.41) is 14.0. The van der Waals surface area contributed by atoms with E-state index in [1.807, 2.05) is 26.8 Å². The van der Waals surface area contributed by atoms with Crippen LogP contribution in [0.1, 0.15) is 62.5 Å². The molecule has 0 spiro atoms. The smallest absolute Gasteiger partial charge is 0.333 e. The summed E-state index contributed by atoms with van der Waals surface area (Å²) in [6.45, 7) is 8.12. The predicted octanol–water partition coefficient (Wildman–Crippen LogP) is 5.59. The van der Waals surface area contributed by atoms with E-state index in [9.17, 15) is 18.7 Å². The fraction of sp³-hybridized carbons (Fsp3) is 0.370. The van der Waals surface area contributed by atoms with Crippen LogP contribution in [0.4, 0.5) is 8.78 Å². The lowest BCUT2D eigenvalue weighted by atomic mass is 10.1. The van der Waals surface area contributed by atoms with Gasteiger partial charge in [-0.25, -0.2) is 14.6 Å². The van der Waals surface area contributed by atoms with Crippen molar-refractivity contribution in [1.29, 1.82) is 0 Å². The Kier molecular flexibility index (Phi) is 9.11. The lowest BCUT2D eigenvalue weighted by molar-refractivity contribution is 0.0565. The Balaban J connectivity index is 0.00000195. The van der Waals surface area contributed by atoms with Crippen molar-refractivity contribution in [3.63, 3.8) is 0 Å². The predicted molar refractivity (Wildman–Crippen MR) is 143 cm³/mol. The van der Waals surface area contributed by atoms with E-state index in [1.165, 1.54) is 17.0 Å². The molecule has 0 bridgehead atoms. The number of pyridine rings is 2. The van der Waals surface area contributed by atoms with Crippen molar-refractivity contribution in [2.24, 2.45) is 0 Å². The maximum absolute atomic E-state index is 13.3. The van der Waals surface area contributed by atoms with Gasteiger partial charge < -0.3 is 5.11 Å². The molecule has 4 aromatic rings. The van der Waals surface area contributed by atoms with Gasteiger partial charge in [-0.2, -0.15) is 13.9 Å². The summed E-state index contributed by atoms with van der Waals surface area (Å²) < 4.78 is 27.6. The topological polar surface area (TPSA) is 98.7 Å². The van der Waals surface area contributed by atoms with Gasteiger partial charge >= 0.3 is 6.55 Å². The summed E-state index contributed by atoms with van der Waals surface area (Å²) in [6, 6.07) is 5.24. The second-order valence-corrected chi connectivity index (χ2v) is 9.43. The van der Waals surface area contributed by atoms with E-state index in [1.54, 1.807) is 45.3 Å². The third-order valence-electron chi connectivity index (χ3n) is 5.73. The van der Waals surface area contributed by atoms with Crippen molar-refractivity contribution in [2.75, 3.05) is 0 Å². The summed E-state index contributed by atoms with van der Waals surface area (Å²) in [5.41, 5.74) is 2.64. The molecule has 0 aliphatic heterocycles. The number of hydrogen-bond acceptors (Lipinski definition) is 6. The highest BCUT2D eigenvalue weighted by Gasteiger charge is 2.21. The summed E-state index contributed by atoms with van der Waals surface area (Å²) in [6.07, 6.45) is 6.66. The first-order valence-corrected chi connectivity index (χ1v) is 12.6. The quantitative estimate of drug-likeness (QED) is 0.325. The first-order valence-electron chi connectivity index (χ1n) is 12.2. The van der Waals surface area contributed by atoms with Crippen molar-refractivity contribution < 1.29 is 13.9 Å². The maximum atomic E-state index is 13.3. The number of nitrogens with zero attached hydrogens (tertiary/aromatic N) is 6. The van der Waals surface area contributed by atoms with Crippen LogP contribution in [0, 0.1) is 13.8 Å². The fourth-order valence-electron chi connectivity index (χ4n) is 3.84. The molecule has 0 radical (unpaired) electrons. The van der Waals surface area contributed by atoms with E-state index in [-0.39, 0.29) is 10.8 Å². The summed E-state index contributed by atoms with van der Waals surface area (Å²) in [5.74, 6) is 0.253. The van der Waals surface area contributed by atoms with Crippen LogP contribution in [-0.4, -0.2) is 34.4 Å². The monoisotopic (exact) mass is 544 g/mol. The molecule has 1 N–H and O–H groups in total. The van der Waals surface area contributed by atoms with Crippen molar-refractivity contribution in [2.45, 2.75) is 66.5 Å². The molecule has 8 nitrogen and oxygen atoms in total. The third kappa shape index (κ3) is 6.31. The second-order valence-electron chi connectivity index (χ2n) is 9.05. The summed E-state index contributed by atoms with van der Waals surface area (Å²) >= 11 is 6.48. The van der Waals surface area contributed by atoms with Crippen LogP contribution in [0.2, 0.25) is 5.02 Å². The van der Waals surface area contributed by atoms with Gasteiger partial charge in [0.2, 0.25) is 0 Å². The molecule has 38 heavy (non-hydrogen) atoms. The fourth-order valence-corrected chi connectivity index (χ4v) is 4.07. The second kappa shape index (κ2) is 11.9. The number of aliphatic hydroxyl groups is 1. The SMILES string of the molecule is CC.Cc1cnc(-c2ccnc(C(C)(C)O)n2)cc1-n1c(C)cc(CCc2cnn(C(F)F)c2)c(Cl)c1=O. The molecule has 4 heterocycles. The van der Waals surface area contributed by atoms with E-state index < -0.39 is 17.7 Å². The van der Waals surface area contributed by atoms with E-state index in [0.29, 0.717) is 51.4 Å². The van der Waals surface area contributed by atoms with E-state index in [4.69, 9.17) is 11.6 Å². The van der Waals surface area contributed by atoms with Gasteiger partial charge in [0.15, 0.2) is 5.82 Å². The highest BCUT2D eigenvalue weighted by molar-refractivity contribution is 6.31. The molecule has 0 aliphatic rings. The Hall–Kier alpha value is -3.50. The zero-order valence-corrected chi connectivity index (χ0v) is 23.0. The van der Waals surface area contributed by atoms with Crippen LogP contribution in [0.15, 0.2) is 47.8 Å². The van der Waals surface area contributed by atoms with Gasteiger partial charge in [-0.05, 0) is 75.4 Å². The van der Waals surface area contributed by atoms with Gasteiger partial charge in [-0.3, -0.25) is 14.3 Å². The Labute approximate surface area is 225 Å². The summed E-state index contributed by atoms with van der Waals surface area (Å²) in [4.78, 5) is 26.3. The van der Waals surface area contributed by atoms with Crippen LogP contribution in [0.25, 0.3) is 17.1 Å². The van der Waals surface area contributed by atoms with Crippen molar-refractivity contribution in [1.82, 2.24) is 29.3 Å². The minimum Gasteiger partial charge on any atom is -0.382 e. The van der Waals surface area contributed by atoms with Gasteiger partial charge in [-0.1, -0.05) is 25.4 Å². The van der Waals surface area contributed by atoms with Crippen LogP contribution < -0.4 is 5.56 Å². The number of aryl methyl sites for hydroxylation is 4. The Morgan fingerprint density at radius 1 is 1.08 bits per heavy atom. The lowest BCUT2D eigenvalue weighted by Crippen LogP contribution is -2.23. The standard InChI is InChI=1S/C25H25ClF2N6O2.C2H6/c1-14-11-30-19(18-7-8-29-23(32-18)25(3,4)36)10-20(14)34-15(2)9-17(21(26)22(34)35)6-5-16-12-31-33(13-16)24(27)28;1-2/h7-13,24,36H,5-6H2,1-4H3;1-2H3. The molecule has 4 rings (SSSR count). The normalized spacial score (nSPS) is 11.4. The molecule has 4 aromatic heterocycles. The molecular weight excluding hydrogens is 514 g/mol. The van der Waals surface area contributed by atoms with Crippen molar-refractivity contribution in [3.8, 4) is 17.1 Å². The molecule has 202 valence electrons. The number of aromatic nitrogens is 6. The minimum absolute atomic E-state index is 0.0611. The molecule has 0 amide bonds. The van der Waals surface area contributed by atoms with Gasteiger partial charge in [0.25, 0.3) is 5.56 Å². The lowest BCUT2D eigenvalue weighted by Gasteiger charge is -2.17. The number of rotatable bonds is 7.